The van der Waals surface area contributed by atoms with Crippen LogP contribution in [0, 0.1) is 5.21 Å². The summed E-state index contributed by atoms with van der Waals surface area (Å²) in [5, 5.41) is 20.4. The minimum Gasteiger partial charge on any atom is -0.710 e. The highest BCUT2D eigenvalue weighted by molar-refractivity contribution is 6.00. The second-order valence-corrected chi connectivity index (χ2v) is 2.73. The molecule has 0 radical (unpaired) electrons. The number of carbonyl (C=O) groups is 1. The third-order valence-electron chi connectivity index (χ3n) is 1.89. The van der Waals surface area contributed by atoms with Crippen molar-refractivity contribution in [1.29, 1.82) is 0 Å². The topological polar surface area (TPSA) is 77.1 Å². The van der Waals surface area contributed by atoms with E-state index in [1.54, 1.807) is 6.07 Å². The molecule has 0 amide bonds. The monoisotopic (exact) mass is 190 g/mol. The highest BCUT2D eigenvalue weighted by Crippen LogP contribution is 2.12. The van der Waals surface area contributed by atoms with Gasteiger partial charge in [0.1, 0.15) is 6.20 Å². The zero-order valence-corrected chi connectivity index (χ0v) is 7.04. The molecule has 0 saturated carbocycles. The first kappa shape index (κ1) is 8.43. The zero-order chi connectivity index (χ0) is 10.1. The fourth-order valence-corrected chi connectivity index (χ4v) is 1.28. The van der Waals surface area contributed by atoms with Crippen molar-refractivity contribution in [1.82, 2.24) is 4.98 Å². The number of aromatic carboxylic acids is 1. The van der Waals surface area contributed by atoms with E-state index < -0.39 is 5.97 Å². The van der Waals surface area contributed by atoms with Crippen molar-refractivity contribution in [2.75, 3.05) is 0 Å². The molecule has 0 aliphatic carbocycles. The van der Waals surface area contributed by atoms with Crippen molar-refractivity contribution >= 4 is 17.0 Å². The molecule has 0 bridgehead atoms. The lowest BCUT2D eigenvalue weighted by Gasteiger charge is -2.03. The van der Waals surface area contributed by atoms with E-state index in [1.165, 1.54) is 24.5 Å². The van der Waals surface area contributed by atoms with Gasteiger partial charge in [-0.05, 0) is 23.2 Å². The highest BCUT2D eigenvalue weighted by atomic mass is 16.5. The van der Waals surface area contributed by atoms with Crippen LogP contribution in [0.25, 0.3) is 11.0 Å². The molecule has 0 aliphatic rings. The number of carboxylic acid groups (broad SMARTS) is 1. The van der Waals surface area contributed by atoms with Crippen LogP contribution in [-0.2, 0) is 0 Å². The Morgan fingerprint density at radius 1 is 1.50 bits per heavy atom. The Kier molecular flexibility index (Phi) is 1.78. The smallest absolute Gasteiger partial charge is 0.336 e. The second-order valence-electron chi connectivity index (χ2n) is 2.73. The molecule has 2 heterocycles. The molecular weight excluding hydrogens is 184 g/mol. The SMILES string of the molecule is O=C(O)c1ccnc2c1ccc[n+]2[O-]. The Morgan fingerprint density at radius 3 is 3.00 bits per heavy atom. The summed E-state index contributed by atoms with van der Waals surface area (Å²) in [7, 11) is 0. The van der Waals surface area contributed by atoms with Crippen molar-refractivity contribution in [3.63, 3.8) is 0 Å². The molecule has 0 atom stereocenters. The minimum absolute atomic E-state index is 0.0835. The lowest BCUT2D eigenvalue weighted by molar-refractivity contribution is -0.579. The Balaban J connectivity index is 2.88. The number of hydrogen-bond acceptors (Lipinski definition) is 3. The van der Waals surface area contributed by atoms with Gasteiger partial charge in [0.05, 0.1) is 17.1 Å². The predicted octanol–water partition coefficient (Wildman–Crippen LogP) is 0.566. The van der Waals surface area contributed by atoms with Crippen molar-refractivity contribution in [3.05, 3.63) is 41.4 Å². The molecule has 0 spiro atoms. The number of aromatic nitrogens is 2. The third-order valence-corrected chi connectivity index (χ3v) is 1.89. The van der Waals surface area contributed by atoms with E-state index in [-0.39, 0.29) is 11.2 Å². The van der Waals surface area contributed by atoms with Gasteiger partial charge < -0.3 is 10.3 Å². The van der Waals surface area contributed by atoms with Crippen LogP contribution in [0.15, 0.2) is 30.6 Å². The summed E-state index contributed by atoms with van der Waals surface area (Å²) in [5.74, 6) is -1.07. The van der Waals surface area contributed by atoms with Crippen LogP contribution in [0.1, 0.15) is 10.4 Å². The van der Waals surface area contributed by atoms with Gasteiger partial charge in [-0.25, -0.2) is 9.52 Å². The van der Waals surface area contributed by atoms with Crippen molar-refractivity contribution in [3.8, 4) is 0 Å². The molecule has 2 aromatic rings. The Labute approximate surface area is 78.8 Å². The summed E-state index contributed by atoms with van der Waals surface area (Å²) < 4.78 is 0.543. The van der Waals surface area contributed by atoms with Crippen LogP contribution in [0.2, 0.25) is 0 Å². The molecule has 0 unspecified atom stereocenters. The van der Waals surface area contributed by atoms with Crippen molar-refractivity contribution < 1.29 is 14.6 Å². The summed E-state index contributed by atoms with van der Waals surface area (Å²) in [6.45, 7) is 0. The van der Waals surface area contributed by atoms with Gasteiger partial charge in [0.15, 0.2) is 0 Å². The Morgan fingerprint density at radius 2 is 2.29 bits per heavy atom. The van der Waals surface area contributed by atoms with E-state index in [1.807, 2.05) is 0 Å². The van der Waals surface area contributed by atoms with Gasteiger partial charge in [-0.1, -0.05) is 0 Å². The molecule has 0 saturated heterocycles. The van der Waals surface area contributed by atoms with Gasteiger partial charge in [-0.15, -0.1) is 0 Å². The molecular formula is C9H6N2O3. The van der Waals surface area contributed by atoms with Crippen molar-refractivity contribution in [2.45, 2.75) is 0 Å². The Hall–Kier alpha value is -2.17. The maximum absolute atomic E-state index is 11.2. The average Bonchev–Trinajstić information content (AvgIpc) is 2.17. The van der Waals surface area contributed by atoms with Crippen molar-refractivity contribution in [2.24, 2.45) is 0 Å². The first-order valence-electron chi connectivity index (χ1n) is 3.90. The highest BCUT2D eigenvalue weighted by Gasteiger charge is 2.13. The summed E-state index contributed by atoms with van der Waals surface area (Å²) in [6.07, 6.45) is 2.58. The van der Waals surface area contributed by atoms with Crippen LogP contribution >= 0.6 is 0 Å². The van der Waals surface area contributed by atoms with Crippen LogP contribution in [-0.4, -0.2) is 16.1 Å². The number of nitrogens with zero attached hydrogens (tertiary/aromatic N) is 2. The average molecular weight is 190 g/mol. The standard InChI is InChI=1S/C9H6N2O3/c12-9(13)7-3-4-10-8-6(7)2-1-5-11(8)14/h1-5H,(H,12,13). The molecule has 0 aromatic carbocycles. The van der Waals surface area contributed by atoms with Crippen LogP contribution in [0.3, 0.4) is 0 Å². The maximum atomic E-state index is 11.2. The van der Waals surface area contributed by atoms with Gasteiger partial charge in [-0.3, -0.25) is 0 Å². The van der Waals surface area contributed by atoms with Gasteiger partial charge >= 0.3 is 11.6 Å². The molecule has 5 heteroatoms. The largest absolute Gasteiger partial charge is 0.710 e. The summed E-state index contributed by atoms with van der Waals surface area (Å²) in [4.78, 5) is 14.6. The van der Waals surface area contributed by atoms with E-state index in [4.69, 9.17) is 5.11 Å². The molecule has 14 heavy (non-hydrogen) atoms. The summed E-state index contributed by atoms with van der Waals surface area (Å²) >= 11 is 0. The third kappa shape index (κ3) is 1.15. The zero-order valence-electron chi connectivity index (χ0n) is 7.04. The molecule has 1 N–H and O–H groups in total. The van der Waals surface area contributed by atoms with Gasteiger partial charge in [0, 0.05) is 0 Å². The molecule has 0 fully saturated rings. The number of fused-ring (bicyclic) bond motifs is 1. The van der Waals surface area contributed by atoms with Crippen LogP contribution < -0.4 is 4.73 Å². The number of hydrogen-bond donors (Lipinski definition) is 1. The van der Waals surface area contributed by atoms with Gasteiger partial charge in [0.2, 0.25) is 0 Å². The lowest BCUT2D eigenvalue weighted by Crippen LogP contribution is -2.27. The molecule has 2 aromatic heterocycles. The van der Waals surface area contributed by atoms with E-state index in [2.05, 4.69) is 4.98 Å². The molecule has 2 rings (SSSR count). The van der Waals surface area contributed by atoms with Gasteiger partial charge in [0.25, 0.3) is 0 Å². The Bertz CT molecular complexity index is 510. The molecule has 70 valence electrons. The molecule has 5 nitrogen and oxygen atoms in total. The first-order valence-corrected chi connectivity index (χ1v) is 3.90. The second kappa shape index (κ2) is 2.95. The van der Waals surface area contributed by atoms with E-state index >= 15 is 0 Å². The summed E-state index contributed by atoms with van der Waals surface area (Å²) in [6, 6.07) is 4.41. The van der Waals surface area contributed by atoms with E-state index in [0.717, 1.165) is 0 Å². The lowest BCUT2D eigenvalue weighted by atomic mass is 10.1. The van der Waals surface area contributed by atoms with E-state index in [9.17, 15) is 10.0 Å². The minimum atomic E-state index is -1.07. The number of rotatable bonds is 1. The van der Waals surface area contributed by atoms with E-state index in [0.29, 0.717) is 10.1 Å². The first-order chi connectivity index (χ1) is 6.70. The fraction of sp³-hybridized carbons (Fsp3) is 0. The predicted molar refractivity (Wildman–Crippen MR) is 47.7 cm³/mol. The van der Waals surface area contributed by atoms with Crippen LogP contribution in [0.4, 0.5) is 0 Å². The number of carboxylic acids is 1. The summed E-state index contributed by atoms with van der Waals surface area (Å²) in [5.41, 5.74) is 0.201. The van der Waals surface area contributed by atoms with Gasteiger partial charge in [-0.2, -0.15) is 0 Å². The maximum Gasteiger partial charge on any atom is 0.336 e. The quantitative estimate of drug-likeness (QED) is 0.526. The van der Waals surface area contributed by atoms with Crippen LogP contribution in [0.5, 0.6) is 0 Å². The number of pyridine rings is 2. The fourth-order valence-electron chi connectivity index (χ4n) is 1.28. The normalized spacial score (nSPS) is 10.3. The molecule has 0 aliphatic heterocycles.